The summed E-state index contributed by atoms with van der Waals surface area (Å²) in [6.45, 7) is 0. The van der Waals surface area contributed by atoms with Gasteiger partial charge in [0.2, 0.25) is 0 Å². The molecule has 0 atom stereocenters. The molecule has 0 N–H and O–H groups in total. The van der Waals surface area contributed by atoms with Gasteiger partial charge in [-0.05, 0) is 80.8 Å². The number of aldehydes is 2. The molecule has 0 unspecified atom stereocenters. The minimum Gasteiger partial charge on any atom is -0.298 e. The van der Waals surface area contributed by atoms with Crippen molar-refractivity contribution >= 4 is 77.0 Å². The molecule has 2 aromatic heterocycles. The molecule has 0 saturated heterocycles. The molecule has 0 aliphatic rings. The molecular formula is C32H18O2S2. The normalized spacial score (nSPS) is 11.6. The summed E-state index contributed by atoms with van der Waals surface area (Å²) in [6, 6.07) is 33.3. The van der Waals surface area contributed by atoms with Gasteiger partial charge in [-0.2, -0.15) is 0 Å². The lowest BCUT2D eigenvalue weighted by atomic mass is 9.97. The summed E-state index contributed by atoms with van der Waals surface area (Å²) < 4.78 is 2.32. The van der Waals surface area contributed by atoms with Gasteiger partial charge in [0.15, 0.2) is 12.6 Å². The highest BCUT2D eigenvalue weighted by Crippen LogP contribution is 2.41. The first-order valence-corrected chi connectivity index (χ1v) is 13.3. The summed E-state index contributed by atoms with van der Waals surface area (Å²) in [5.74, 6) is 0. The van der Waals surface area contributed by atoms with E-state index in [2.05, 4.69) is 60.7 Å². The molecule has 0 spiro atoms. The lowest BCUT2D eigenvalue weighted by molar-refractivity contribution is 0.111. The van der Waals surface area contributed by atoms with Crippen LogP contribution in [0.4, 0.5) is 0 Å². The van der Waals surface area contributed by atoms with Crippen molar-refractivity contribution in [3.8, 4) is 20.9 Å². The Balaban J connectivity index is 1.39. The van der Waals surface area contributed by atoms with Gasteiger partial charge in [0, 0.05) is 41.4 Å². The predicted molar refractivity (Wildman–Crippen MR) is 154 cm³/mol. The molecule has 2 heterocycles. The number of carbonyl (C=O) groups is 2. The zero-order valence-corrected chi connectivity index (χ0v) is 20.7. The Hall–Kier alpha value is -4.12. The second kappa shape index (κ2) is 8.23. The van der Waals surface area contributed by atoms with E-state index in [1.54, 1.807) is 22.7 Å². The summed E-state index contributed by atoms with van der Waals surface area (Å²) in [4.78, 5) is 26.5. The van der Waals surface area contributed by atoms with Crippen LogP contribution in [-0.2, 0) is 0 Å². The van der Waals surface area contributed by atoms with Crippen LogP contribution in [0.5, 0.6) is 0 Å². The van der Waals surface area contributed by atoms with Gasteiger partial charge < -0.3 is 0 Å². The number of hydrogen-bond donors (Lipinski definition) is 0. The van der Waals surface area contributed by atoms with Crippen molar-refractivity contribution in [2.24, 2.45) is 0 Å². The molecule has 0 fully saturated rings. The predicted octanol–water partition coefficient (Wildman–Crippen LogP) is 9.38. The molecule has 0 amide bonds. The second-order valence-corrected chi connectivity index (χ2v) is 11.1. The maximum Gasteiger partial charge on any atom is 0.150 e. The van der Waals surface area contributed by atoms with Crippen molar-refractivity contribution in [3.63, 3.8) is 0 Å². The third-order valence-electron chi connectivity index (χ3n) is 6.78. The van der Waals surface area contributed by atoms with E-state index in [0.29, 0.717) is 11.1 Å². The van der Waals surface area contributed by atoms with Crippen molar-refractivity contribution in [2.75, 3.05) is 0 Å². The highest BCUT2D eigenvalue weighted by Gasteiger charge is 2.17. The molecule has 7 rings (SSSR count). The molecule has 170 valence electrons. The average Bonchev–Trinajstić information content (AvgIpc) is 3.52. The minimum absolute atomic E-state index is 0.592. The van der Waals surface area contributed by atoms with E-state index in [-0.39, 0.29) is 0 Å². The lowest BCUT2D eigenvalue weighted by Gasteiger charge is -2.09. The number of fused-ring (bicyclic) bond motifs is 4. The van der Waals surface area contributed by atoms with E-state index < -0.39 is 0 Å². The van der Waals surface area contributed by atoms with Gasteiger partial charge in [-0.1, -0.05) is 48.5 Å². The molecule has 0 bridgehead atoms. The standard InChI is InChI=1S/C32H18O2S2/c33-17-25-12-28(32-16-24-10-20-6-2-4-8-22(20)14-30(24)36-32)26(18-34)11-27(25)31-15-23-9-19-5-1-3-7-21(19)13-29(23)35-31/h1-18H. The Morgan fingerprint density at radius 3 is 1.22 bits per heavy atom. The van der Waals surface area contributed by atoms with E-state index >= 15 is 0 Å². The van der Waals surface area contributed by atoms with E-state index in [0.717, 1.165) is 53.6 Å². The average molecular weight is 499 g/mol. The molecule has 0 saturated carbocycles. The summed E-state index contributed by atoms with van der Waals surface area (Å²) in [5.41, 5.74) is 2.78. The Labute approximate surface area is 215 Å². The van der Waals surface area contributed by atoms with Crippen molar-refractivity contribution in [1.29, 1.82) is 0 Å². The molecule has 7 aromatic rings. The maximum atomic E-state index is 12.2. The van der Waals surface area contributed by atoms with Gasteiger partial charge in [-0.3, -0.25) is 9.59 Å². The van der Waals surface area contributed by atoms with Gasteiger partial charge in [0.1, 0.15) is 0 Å². The fourth-order valence-electron chi connectivity index (χ4n) is 4.98. The van der Waals surface area contributed by atoms with E-state index in [1.165, 1.54) is 21.5 Å². The molecule has 0 radical (unpaired) electrons. The first kappa shape index (κ1) is 21.2. The third kappa shape index (κ3) is 3.38. The van der Waals surface area contributed by atoms with Crippen molar-refractivity contribution < 1.29 is 9.59 Å². The second-order valence-electron chi connectivity index (χ2n) is 8.96. The van der Waals surface area contributed by atoms with Crippen LogP contribution in [0.1, 0.15) is 20.7 Å². The van der Waals surface area contributed by atoms with Crippen LogP contribution < -0.4 is 0 Å². The summed E-state index contributed by atoms with van der Waals surface area (Å²) in [7, 11) is 0. The van der Waals surface area contributed by atoms with Crippen LogP contribution in [0.15, 0.2) is 97.1 Å². The van der Waals surface area contributed by atoms with Crippen molar-refractivity contribution in [3.05, 3.63) is 108 Å². The topological polar surface area (TPSA) is 34.1 Å². The monoisotopic (exact) mass is 498 g/mol. The van der Waals surface area contributed by atoms with E-state index in [4.69, 9.17) is 0 Å². The van der Waals surface area contributed by atoms with Crippen LogP contribution in [0.3, 0.4) is 0 Å². The smallest absolute Gasteiger partial charge is 0.150 e. The van der Waals surface area contributed by atoms with Crippen LogP contribution in [0, 0.1) is 0 Å². The van der Waals surface area contributed by atoms with E-state index in [9.17, 15) is 9.59 Å². The summed E-state index contributed by atoms with van der Waals surface area (Å²) in [6.07, 6.45) is 1.80. The van der Waals surface area contributed by atoms with E-state index in [1.807, 2.05) is 36.4 Å². The fourth-order valence-corrected chi connectivity index (χ4v) is 7.24. The zero-order valence-electron chi connectivity index (χ0n) is 19.0. The number of thiophene rings is 2. The van der Waals surface area contributed by atoms with Crippen LogP contribution in [0.25, 0.3) is 62.6 Å². The number of rotatable bonds is 4. The molecule has 4 heteroatoms. The molecule has 2 nitrogen and oxygen atoms in total. The van der Waals surface area contributed by atoms with Gasteiger partial charge >= 0.3 is 0 Å². The lowest BCUT2D eigenvalue weighted by Crippen LogP contribution is -1.93. The number of hydrogen-bond acceptors (Lipinski definition) is 4. The summed E-state index contributed by atoms with van der Waals surface area (Å²) >= 11 is 3.30. The molecule has 36 heavy (non-hydrogen) atoms. The summed E-state index contributed by atoms with van der Waals surface area (Å²) in [5, 5.41) is 7.03. The van der Waals surface area contributed by atoms with Crippen molar-refractivity contribution in [2.45, 2.75) is 0 Å². The van der Waals surface area contributed by atoms with Gasteiger partial charge in [-0.15, -0.1) is 22.7 Å². The Bertz CT molecular complexity index is 1740. The van der Waals surface area contributed by atoms with Crippen LogP contribution in [0.2, 0.25) is 0 Å². The minimum atomic E-state index is 0.592. The van der Waals surface area contributed by atoms with Crippen LogP contribution in [-0.4, -0.2) is 12.6 Å². The highest BCUT2D eigenvalue weighted by molar-refractivity contribution is 7.22. The Morgan fingerprint density at radius 1 is 0.444 bits per heavy atom. The SMILES string of the molecule is O=Cc1cc(-c2cc3cc4ccccc4cc3s2)c(C=O)cc1-c1cc2cc3ccccc3cc2s1. The zero-order chi connectivity index (χ0) is 24.2. The largest absolute Gasteiger partial charge is 0.298 e. The third-order valence-corrected chi connectivity index (χ3v) is 9.04. The van der Waals surface area contributed by atoms with Gasteiger partial charge in [0.25, 0.3) is 0 Å². The first-order chi connectivity index (χ1) is 17.7. The quantitative estimate of drug-likeness (QED) is 0.227. The number of carbonyl (C=O) groups excluding carboxylic acids is 2. The molecule has 0 aliphatic carbocycles. The molecule has 0 aliphatic heterocycles. The van der Waals surface area contributed by atoms with Gasteiger partial charge in [0.05, 0.1) is 0 Å². The van der Waals surface area contributed by atoms with Crippen LogP contribution >= 0.6 is 22.7 Å². The van der Waals surface area contributed by atoms with Crippen molar-refractivity contribution in [1.82, 2.24) is 0 Å². The Kier molecular flexibility index (Phi) is 4.84. The van der Waals surface area contributed by atoms with Gasteiger partial charge in [-0.25, -0.2) is 0 Å². The molecule has 5 aromatic carbocycles. The fraction of sp³-hybridized carbons (Fsp3) is 0. The Morgan fingerprint density at radius 2 is 0.833 bits per heavy atom. The highest BCUT2D eigenvalue weighted by atomic mass is 32.1. The number of benzene rings is 5. The first-order valence-electron chi connectivity index (χ1n) is 11.6. The molecular weight excluding hydrogens is 480 g/mol. The maximum absolute atomic E-state index is 12.2.